The van der Waals surface area contributed by atoms with Gasteiger partial charge in [0.15, 0.2) is 0 Å². The summed E-state index contributed by atoms with van der Waals surface area (Å²) >= 11 is 0. The molecule has 0 aliphatic carbocycles. The fourth-order valence-corrected chi connectivity index (χ4v) is 5.42. The van der Waals surface area contributed by atoms with Crippen LogP contribution in [0.15, 0.2) is 30.3 Å². The maximum absolute atomic E-state index is 12.7. The molecule has 7 heteroatoms. The van der Waals surface area contributed by atoms with Crippen LogP contribution in [0.1, 0.15) is 54.4 Å². The Bertz CT molecular complexity index is 1130. The zero-order valence-electron chi connectivity index (χ0n) is 21.0. The first kappa shape index (κ1) is 24.8. The molecule has 1 amide bonds. The summed E-state index contributed by atoms with van der Waals surface area (Å²) < 4.78 is 17.4. The Balaban J connectivity index is 1.37. The van der Waals surface area contributed by atoms with E-state index < -0.39 is 12.1 Å². The first-order valence-electron chi connectivity index (χ1n) is 13.2. The molecule has 0 bridgehead atoms. The number of nitriles is 1. The Kier molecular flexibility index (Phi) is 7.86. The molecule has 0 spiro atoms. The first-order valence-corrected chi connectivity index (χ1v) is 13.2. The van der Waals surface area contributed by atoms with Gasteiger partial charge < -0.3 is 24.8 Å². The molecule has 2 N–H and O–H groups in total. The van der Waals surface area contributed by atoms with Crippen molar-refractivity contribution in [1.29, 1.82) is 5.26 Å². The van der Waals surface area contributed by atoms with Crippen LogP contribution in [-0.4, -0.2) is 51.0 Å². The standard InChI is InChI=1S/C29H35N3O4/c1-2-19-13-26-25-14-21(20-6-10-34-11-7-20)4-5-22(25)18-36-27(26)15-23(19)12-24(16-30)32-29(33)28-17-31-8-3-9-35-28/h4-5,13-15,20,24,28,31H,2-3,6-12,17-18H2,1H3,(H,32,33)/t24?,28-/m0/s1. The van der Waals surface area contributed by atoms with Gasteiger partial charge in [0.1, 0.15) is 24.5 Å². The molecule has 2 aromatic rings. The zero-order valence-corrected chi connectivity index (χ0v) is 21.0. The fourth-order valence-electron chi connectivity index (χ4n) is 5.42. The number of hydrogen-bond acceptors (Lipinski definition) is 6. The van der Waals surface area contributed by atoms with Crippen molar-refractivity contribution in [2.75, 3.05) is 32.9 Å². The maximum atomic E-state index is 12.7. The van der Waals surface area contributed by atoms with E-state index in [0.29, 0.717) is 32.1 Å². The van der Waals surface area contributed by atoms with Crippen LogP contribution in [-0.2, 0) is 33.7 Å². The first-order chi connectivity index (χ1) is 17.7. The third kappa shape index (κ3) is 5.41. The van der Waals surface area contributed by atoms with Crippen molar-refractivity contribution >= 4 is 5.91 Å². The summed E-state index contributed by atoms with van der Waals surface area (Å²) in [6, 6.07) is 12.7. The van der Waals surface area contributed by atoms with Gasteiger partial charge in [-0.1, -0.05) is 25.1 Å². The minimum Gasteiger partial charge on any atom is -0.488 e. The number of ether oxygens (including phenoxy) is 3. The molecule has 2 aromatic carbocycles. The number of fused-ring (bicyclic) bond motifs is 3. The lowest BCUT2D eigenvalue weighted by Crippen LogP contribution is -2.46. The number of benzene rings is 2. The van der Waals surface area contributed by atoms with Crippen molar-refractivity contribution in [3.05, 3.63) is 52.6 Å². The second kappa shape index (κ2) is 11.4. The average Bonchev–Trinajstić information content (AvgIpc) is 3.22. The summed E-state index contributed by atoms with van der Waals surface area (Å²) in [5.74, 6) is 1.14. The fraction of sp³-hybridized carbons (Fsp3) is 0.517. The summed E-state index contributed by atoms with van der Waals surface area (Å²) in [5.41, 5.74) is 7.13. The maximum Gasteiger partial charge on any atom is 0.251 e. The molecular weight excluding hydrogens is 454 g/mol. The molecule has 2 saturated heterocycles. The van der Waals surface area contributed by atoms with Gasteiger partial charge in [0.25, 0.3) is 5.91 Å². The molecule has 36 heavy (non-hydrogen) atoms. The quantitative estimate of drug-likeness (QED) is 0.644. The van der Waals surface area contributed by atoms with Crippen LogP contribution in [0.3, 0.4) is 0 Å². The highest BCUT2D eigenvalue weighted by Crippen LogP contribution is 2.41. The SMILES string of the molecule is CCc1cc2c(cc1CC(C#N)NC(=O)[C@@H]1CNCCCO1)OCc1ccc(C3CCOCC3)cc1-2. The van der Waals surface area contributed by atoms with Gasteiger partial charge in [-0.2, -0.15) is 5.26 Å². The van der Waals surface area contributed by atoms with E-state index in [1.54, 1.807) is 0 Å². The van der Waals surface area contributed by atoms with E-state index in [0.717, 1.165) is 62.3 Å². The monoisotopic (exact) mass is 489 g/mol. The number of nitrogens with zero attached hydrogens (tertiary/aromatic N) is 1. The van der Waals surface area contributed by atoms with Gasteiger partial charge in [-0.15, -0.1) is 0 Å². The number of amides is 1. The predicted molar refractivity (Wildman–Crippen MR) is 137 cm³/mol. The highest BCUT2D eigenvalue weighted by molar-refractivity contribution is 5.82. The Hall–Kier alpha value is -2.92. The van der Waals surface area contributed by atoms with E-state index in [1.807, 2.05) is 0 Å². The van der Waals surface area contributed by atoms with E-state index in [2.05, 4.69) is 54.0 Å². The third-order valence-corrected chi connectivity index (χ3v) is 7.52. The lowest BCUT2D eigenvalue weighted by molar-refractivity contribution is -0.132. The summed E-state index contributed by atoms with van der Waals surface area (Å²) in [6.07, 6.45) is 3.69. The van der Waals surface area contributed by atoms with Gasteiger partial charge in [-0.05, 0) is 78.1 Å². The molecule has 1 unspecified atom stereocenters. The normalized spacial score (nSPS) is 20.7. The second-order valence-electron chi connectivity index (χ2n) is 9.87. The van der Waals surface area contributed by atoms with Crippen LogP contribution < -0.4 is 15.4 Å². The Labute approximate surface area is 213 Å². The van der Waals surface area contributed by atoms with Crippen molar-refractivity contribution in [3.63, 3.8) is 0 Å². The Morgan fingerprint density at radius 2 is 2.03 bits per heavy atom. The van der Waals surface area contributed by atoms with Gasteiger partial charge >= 0.3 is 0 Å². The highest BCUT2D eigenvalue weighted by atomic mass is 16.5. The second-order valence-corrected chi connectivity index (χ2v) is 9.87. The molecule has 0 aromatic heterocycles. The van der Waals surface area contributed by atoms with Crippen LogP contribution >= 0.6 is 0 Å². The molecule has 2 fully saturated rings. The largest absolute Gasteiger partial charge is 0.488 e. The number of nitrogens with one attached hydrogen (secondary N) is 2. The molecule has 190 valence electrons. The number of rotatable bonds is 6. The van der Waals surface area contributed by atoms with Gasteiger partial charge in [0.05, 0.1) is 6.07 Å². The van der Waals surface area contributed by atoms with Gasteiger partial charge in [0, 0.05) is 38.3 Å². The van der Waals surface area contributed by atoms with E-state index in [4.69, 9.17) is 14.2 Å². The molecule has 0 radical (unpaired) electrons. The third-order valence-electron chi connectivity index (χ3n) is 7.52. The van der Waals surface area contributed by atoms with Crippen molar-refractivity contribution in [2.45, 2.75) is 63.7 Å². The van der Waals surface area contributed by atoms with E-state index in [9.17, 15) is 10.1 Å². The van der Waals surface area contributed by atoms with Crippen LogP contribution in [0.4, 0.5) is 0 Å². The van der Waals surface area contributed by atoms with Crippen molar-refractivity contribution in [2.24, 2.45) is 0 Å². The van der Waals surface area contributed by atoms with Gasteiger partial charge in [-0.25, -0.2) is 0 Å². The smallest absolute Gasteiger partial charge is 0.251 e. The summed E-state index contributed by atoms with van der Waals surface area (Å²) in [7, 11) is 0. The van der Waals surface area contributed by atoms with Crippen LogP contribution in [0.25, 0.3) is 11.1 Å². The molecule has 2 atom stereocenters. The summed E-state index contributed by atoms with van der Waals surface area (Å²) in [5, 5.41) is 15.9. The average molecular weight is 490 g/mol. The number of carbonyl (C=O) groups excluding carboxylic acids is 1. The summed E-state index contributed by atoms with van der Waals surface area (Å²) in [6.45, 7) is 6.15. The summed E-state index contributed by atoms with van der Waals surface area (Å²) in [4.78, 5) is 12.7. The van der Waals surface area contributed by atoms with Crippen molar-refractivity contribution in [3.8, 4) is 22.9 Å². The minimum atomic E-state index is -0.635. The number of hydrogen-bond donors (Lipinski definition) is 2. The topological polar surface area (TPSA) is 92.6 Å². The highest BCUT2D eigenvalue weighted by Gasteiger charge is 2.26. The molecule has 5 rings (SSSR count). The van der Waals surface area contributed by atoms with Crippen molar-refractivity contribution in [1.82, 2.24) is 10.6 Å². The predicted octanol–water partition coefficient (Wildman–Crippen LogP) is 3.63. The zero-order chi connectivity index (χ0) is 24.9. The van der Waals surface area contributed by atoms with Crippen LogP contribution in [0.2, 0.25) is 0 Å². The molecule has 3 aliphatic heterocycles. The van der Waals surface area contributed by atoms with Gasteiger partial charge in [0.2, 0.25) is 0 Å². The molecular formula is C29H35N3O4. The molecule has 0 saturated carbocycles. The molecule has 7 nitrogen and oxygen atoms in total. The number of carbonyl (C=O) groups is 1. The van der Waals surface area contributed by atoms with E-state index in [1.165, 1.54) is 22.3 Å². The lowest BCUT2D eigenvalue weighted by Gasteiger charge is -2.27. The lowest BCUT2D eigenvalue weighted by atomic mass is 9.85. The number of aryl methyl sites for hydroxylation is 1. The van der Waals surface area contributed by atoms with E-state index in [-0.39, 0.29) is 5.91 Å². The van der Waals surface area contributed by atoms with Gasteiger partial charge in [-0.3, -0.25) is 4.79 Å². The minimum absolute atomic E-state index is 0.238. The Morgan fingerprint density at radius 1 is 1.17 bits per heavy atom. The van der Waals surface area contributed by atoms with Crippen LogP contribution in [0.5, 0.6) is 5.75 Å². The molecule has 3 aliphatic rings. The van der Waals surface area contributed by atoms with Crippen LogP contribution in [0, 0.1) is 11.3 Å². The Morgan fingerprint density at radius 3 is 2.83 bits per heavy atom. The van der Waals surface area contributed by atoms with Crippen molar-refractivity contribution < 1.29 is 19.0 Å². The molecule has 3 heterocycles. The van der Waals surface area contributed by atoms with E-state index >= 15 is 0 Å².